The van der Waals surface area contributed by atoms with Crippen LogP contribution in [0.2, 0.25) is 0 Å². The third-order valence-corrected chi connectivity index (χ3v) is 2.82. The minimum Gasteiger partial charge on any atom is -0.480 e. The molecule has 1 saturated heterocycles. The van der Waals surface area contributed by atoms with Crippen LogP contribution in [-0.2, 0) is 11.3 Å². The van der Waals surface area contributed by atoms with E-state index in [1.54, 1.807) is 4.90 Å². The molecule has 0 aliphatic carbocycles. The van der Waals surface area contributed by atoms with Gasteiger partial charge in [0.15, 0.2) is 0 Å². The fraction of sp³-hybridized carbons (Fsp3) is 0.545. The third-order valence-electron chi connectivity index (χ3n) is 2.82. The minimum atomic E-state index is -0.889. The Morgan fingerprint density at radius 3 is 2.94 bits per heavy atom. The van der Waals surface area contributed by atoms with E-state index in [-0.39, 0.29) is 6.42 Å². The Morgan fingerprint density at radius 1 is 1.62 bits per heavy atom. The van der Waals surface area contributed by atoms with Crippen molar-refractivity contribution in [2.75, 3.05) is 6.54 Å². The third kappa shape index (κ3) is 2.25. The van der Waals surface area contributed by atoms with Gasteiger partial charge in [0.05, 0.1) is 12.6 Å². The molecule has 0 spiro atoms. The summed E-state index contributed by atoms with van der Waals surface area (Å²) in [6.45, 7) is 2.66. The Bertz CT molecular complexity index is 387. The van der Waals surface area contributed by atoms with Gasteiger partial charge >= 0.3 is 5.97 Å². The smallest absolute Gasteiger partial charge is 0.321 e. The highest BCUT2D eigenvalue weighted by atomic mass is 16.4. The normalized spacial score (nSPS) is 26.1. The number of carbonyl (C=O) groups is 1. The summed E-state index contributed by atoms with van der Waals surface area (Å²) >= 11 is 0. The topological polar surface area (TPSA) is 73.9 Å². The van der Waals surface area contributed by atoms with Crippen LogP contribution >= 0.6 is 0 Å². The number of aliphatic carboxylic acids is 1. The van der Waals surface area contributed by atoms with Crippen molar-refractivity contribution in [1.29, 1.82) is 0 Å². The minimum absolute atomic E-state index is 0.287. The van der Waals surface area contributed by atoms with Gasteiger partial charge in [0.25, 0.3) is 0 Å². The number of rotatable bonds is 3. The molecule has 16 heavy (non-hydrogen) atoms. The molecule has 0 bridgehead atoms. The molecule has 5 nitrogen and oxygen atoms in total. The summed E-state index contributed by atoms with van der Waals surface area (Å²) in [6.07, 6.45) is -0.271. The van der Waals surface area contributed by atoms with Crippen molar-refractivity contribution in [3.8, 4) is 0 Å². The molecule has 1 aromatic rings. The number of aliphatic hydroxyl groups is 1. The predicted octanol–water partition coefficient (Wildman–Crippen LogP) is 0.608. The Balaban J connectivity index is 2.05. The zero-order chi connectivity index (χ0) is 11.7. The van der Waals surface area contributed by atoms with Crippen LogP contribution in [0.15, 0.2) is 16.5 Å². The van der Waals surface area contributed by atoms with Gasteiger partial charge in [-0.05, 0) is 19.1 Å². The van der Waals surface area contributed by atoms with Crippen LogP contribution in [0.1, 0.15) is 17.9 Å². The number of likely N-dealkylation sites (tertiary alicyclic amines) is 1. The largest absolute Gasteiger partial charge is 0.480 e. The van der Waals surface area contributed by atoms with Gasteiger partial charge in [0.1, 0.15) is 17.6 Å². The first-order valence-electron chi connectivity index (χ1n) is 5.26. The van der Waals surface area contributed by atoms with Crippen LogP contribution in [0.25, 0.3) is 0 Å². The molecule has 0 radical (unpaired) electrons. The van der Waals surface area contributed by atoms with Crippen LogP contribution < -0.4 is 0 Å². The number of carboxylic acid groups (broad SMARTS) is 1. The van der Waals surface area contributed by atoms with E-state index in [1.165, 1.54) is 0 Å². The van der Waals surface area contributed by atoms with Gasteiger partial charge in [-0.3, -0.25) is 9.69 Å². The number of nitrogens with zero attached hydrogens (tertiary/aromatic N) is 1. The fourth-order valence-corrected chi connectivity index (χ4v) is 2.08. The summed E-state index contributed by atoms with van der Waals surface area (Å²) in [6, 6.07) is 3.07. The molecule has 2 heterocycles. The van der Waals surface area contributed by atoms with Crippen molar-refractivity contribution in [1.82, 2.24) is 4.90 Å². The average molecular weight is 225 g/mol. The molecule has 2 atom stereocenters. The van der Waals surface area contributed by atoms with Gasteiger partial charge in [-0.2, -0.15) is 0 Å². The molecule has 2 N–H and O–H groups in total. The van der Waals surface area contributed by atoms with Crippen molar-refractivity contribution in [3.05, 3.63) is 23.7 Å². The molecule has 0 amide bonds. The van der Waals surface area contributed by atoms with E-state index < -0.39 is 18.1 Å². The van der Waals surface area contributed by atoms with E-state index in [0.29, 0.717) is 13.1 Å². The van der Waals surface area contributed by atoms with Crippen molar-refractivity contribution in [2.24, 2.45) is 0 Å². The van der Waals surface area contributed by atoms with Crippen LogP contribution in [0.3, 0.4) is 0 Å². The second-order valence-corrected chi connectivity index (χ2v) is 4.19. The first kappa shape index (κ1) is 11.2. The number of β-amino-alcohol motifs (C(OH)–C–C–N with tert-alkyl or cyclic N) is 1. The van der Waals surface area contributed by atoms with Gasteiger partial charge in [-0.1, -0.05) is 0 Å². The second-order valence-electron chi connectivity index (χ2n) is 4.19. The Morgan fingerprint density at radius 2 is 2.38 bits per heavy atom. The van der Waals surface area contributed by atoms with E-state index in [0.717, 1.165) is 11.5 Å². The highest BCUT2D eigenvalue weighted by molar-refractivity contribution is 5.74. The molecule has 1 fully saturated rings. The summed E-state index contributed by atoms with van der Waals surface area (Å²) in [4.78, 5) is 12.7. The average Bonchev–Trinajstić information content (AvgIpc) is 2.74. The number of carboxylic acids is 1. The van der Waals surface area contributed by atoms with Crippen LogP contribution in [0.5, 0.6) is 0 Å². The second kappa shape index (κ2) is 4.27. The van der Waals surface area contributed by atoms with E-state index in [1.807, 2.05) is 19.1 Å². The van der Waals surface area contributed by atoms with Crippen LogP contribution in [0, 0.1) is 6.92 Å². The molecular weight excluding hydrogens is 210 g/mol. The zero-order valence-electron chi connectivity index (χ0n) is 9.09. The fourth-order valence-electron chi connectivity index (χ4n) is 2.08. The van der Waals surface area contributed by atoms with Gasteiger partial charge in [0.2, 0.25) is 0 Å². The summed E-state index contributed by atoms with van der Waals surface area (Å²) in [5.74, 6) is 0.652. The molecular formula is C11H15NO4. The monoisotopic (exact) mass is 225 g/mol. The number of hydrogen-bond acceptors (Lipinski definition) is 4. The molecule has 0 aromatic carbocycles. The maximum absolute atomic E-state index is 11.0. The molecule has 1 aliphatic heterocycles. The lowest BCUT2D eigenvalue weighted by molar-refractivity contribution is -0.142. The number of hydrogen-bond donors (Lipinski definition) is 2. The van der Waals surface area contributed by atoms with E-state index in [4.69, 9.17) is 9.52 Å². The number of furan rings is 1. The van der Waals surface area contributed by atoms with E-state index in [2.05, 4.69) is 0 Å². The maximum Gasteiger partial charge on any atom is 0.321 e. The van der Waals surface area contributed by atoms with E-state index >= 15 is 0 Å². The molecule has 88 valence electrons. The highest BCUT2D eigenvalue weighted by Crippen LogP contribution is 2.21. The van der Waals surface area contributed by atoms with Gasteiger partial charge in [-0.25, -0.2) is 0 Å². The summed E-state index contributed by atoms with van der Waals surface area (Å²) in [7, 11) is 0. The molecule has 0 saturated carbocycles. The predicted molar refractivity (Wildman–Crippen MR) is 55.9 cm³/mol. The van der Waals surface area contributed by atoms with Gasteiger partial charge in [0, 0.05) is 13.0 Å². The summed E-state index contributed by atoms with van der Waals surface area (Å²) < 4.78 is 5.39. The number of aryl methyl sites for hydroxylation is 1. The SMILES string of the molecule is Cc1ccc(CN2CC(O)CC2C(=O)O)o1. The zero-order valence-corrected chi connectivity index (χ0v) is 9.09. The van der Waals surface area contributed by atoms with Gasteiger partial charge < -0.3 is 14.6 Å². The Kier molecular flexibility index (Phi) is 2.98. The first-order chi connectivity index (χ1) is 7.56. The lowest BCUT2D eigenvalue weighted by Crippen LogP contribution is -2.35. The highest BCUT2D eigenvalue weighted by Gasteiger charge is 2.36. The maximum atomic E-state index is 11.0. The molecule has 1 aliphatic rings. The molecule has 2 rings (SSSR count). The van der Waals surface area contributed by atoms with Gasteiger partial charge in [-0.15, -0.1) is 0 Å². The Labute approximate surface area is 93.3 Å². The molecule has 2 unspecified atom stereocenters. The lowest BCUT2D eigenvalue weighted by Gasteiger charge is -2.18. The summed E-state index contributed by atoms with van der Waals surface area (Å²) in [5.41, 5.74) is 0. The van der Waals surface area contributed by atoms with Crippen molar-refractivity contribution in [3.63, 3.8) is 0 Å². The van der Waals surface area contributed by atoms with E-state index in [9.17, 15) is 9.90 Å². The lowest BCUT2D eigenvalue weighted by atomic mass is 10.2. The molecule has 1 aromatic heterocycles. The van der Waals surface area contributed by atoms with Crippen LogP contribution in [-0.4, -0.2) is 39.8 Å². The quantitative estimate of drug-likeness (QED) is 0.788. The summed E-state index contributed by atoms with van der Waals surface area (Å²) in [5, 5.41) is 18.5. The first-order valence-corrected chi connectivity index (χ1v) is 5.26. The van der Waals surface area contributed by atoms with Crippen molar-refractivity contribution in [2.45, 2.75) is 32.0 Å². The van der Waals surface area contributed by atoms with Crippen LogP contribution in [0.4, 0.5) is 0 Å². The molecule has 5 heteroatoms. The Hall–Kier alpha value is -1.33. The van der Waals surface area contributed by atoms with Crippen molar-refractivity contribution < 1.29 is 19.4 Å². The van der Waals surface area contributed by atoms with Crippen molar-refractivity contribution >= 4 is 5.97 Å². The number of aliphatic hydroxyl groups excluding tert-OH is 1. The standard InChI is InChI=1S/C11H15NO4/c1-7-2-3-9(16-7)6-12-5-8(13)4-10(12)11(14)15/h2-3,8,10,13H,4-6H2,1H3,(H,14,15).